The Balaban J connectivity index is 2.52. The Labute approximate surface area is 133 Å². The number of hydrogen-bond donors (Lipinski definition) is 1. The Morgan fingerprint density at radius 1 is 1.00 bits per heavy atom. The minimum absolute atomic E-state index is 0.119. The molecule has 20 heavy (non-hydrogen) atoms. The zero-order valence-electron chi connectivity index (χ0n) is 11.1. The summed E-state index contributed by atoms with van der Waals surface area (Å²) in [5.74, 6) is 0.540. The maximum Gasteiger partial charge on any atom is 0.138 e. The van der Waals surface area contributed by atoms with Gasteiger partial charge in [-0.25, -0.2) is 0 Å². The fraction of sp³-hybridized carbons (Fsp3) is 0.200. The van der Waals surface area contributed by atoms with Crippen LogP contribution in [0.1, 0.15) is 18.5 Å². The van der Waals surface area contributed by atoms with Crippen molar-refractivity contribution in [2.24, 2.45) is 5.73 Å². The first kappa shape index (κ1) is 15.5. The van der Waals surface area contributed by atoms with Gasteiger partial charge in [0.05, 0.1) is 17.2 Å². The molecule has 1 atom stereocenters. The molecule has 0 aliphatic carbocycles. The Morgan fingerprint density at radius 2 is 1.70 bits per heavy atom. The Bertz CT molecular complexity index is 641. The van der Waals surface area contributed by atoms with E-state index in [9.17, 15) is 0 Å². The predicted molar refractivity (Wildman–Crippen MR) is 86.1 cm³/mol. The van der Waals surface area contributed by atoms with Gasteiger partial charge < -0.3 is 10.5 Å². The second-order valence-corrected chi connectivity index (χ2v) is 5.71. The van der Waals surface area contributed by atoms with Crippen LogP contribution in [-0.4, -0.2) is 7.11 Å². The highest BCUT2D eigenvalue weighted by Crippen LogP contribution is 2.38. The first-order chi connectivity index (χ1) is 9.43. The van der Waals surface area contributed by atoms with Gasteiger partial charge in [-0.1, -0.05) is 46.9 Å². The molecule has 1 unspecified atom stereocenters. The third-order valence-electron chi connectivity index (χ3n) is 3.04. The first-order valence-electron chi connectivity index (χ1n) is 6.02. The number of methoxy groups -OCH3 is 1. The van der Waals surface area contributed by atoms with Gasteiger partial charge in [0.1, 0.15) is 5.75 Å². The van der Waals surface area contributed by atoms with E-state index in [1.165, 1.54) is 0 Å². The topological polar surface area (TPSA) is 35.2 Å². The highest BCUT2D eigenvalue weighted by molar-refractivity contribution is 6.36. The van der Waals surface area contributed by atoms with Crippen LogP contribution >= 0.6 is 34.8 Å². The average Bonchev–Trinajstić information content (AvgIpc) is 2.40. The van der Waals surface area contributed by atoms with Gasteiger partial charge in [-0.3, -0.25) is 0 Å². The second-order valence-electron chi connectivity index (χ2n) is 4.49. The summed E-state index contributed by atoms with van der Waals surface area (Å²) in [6.07, 6.45) is 0. The Kier molecular flexibility index (Phi) is 4.82. The Hall–Kier alpha value is -0.930. The molecule has 2 N–H and O–H groups in total. The van der Waals surface area contributed by atoms with Gasteiger partial charge in [-0.05, 0) is 30.2 Å². The molecule has 0 aliphatic heterocycles. The van der Waals surface area contributed by atoms with Crippen LogP contribution in [0.3, 0.4) is 0 Å². The van der Waals surface area contributed by atoms with Gasteiger partial charge in [-0.15, -0.1) is 0 Å². The van der Waals surface area contributed by atoms with Crippen LogP contribution < -0.4 is 10.5 Å². The van der Waals surface area contributed by atoms with E-state index < -0.39 is 0 Å². The fourth-order valence-electron chi connectivity index (χ4n) is 1.97. The van der Waals surface area contributed by atoms with Crippen molar-refractivity contribution in [1.29, 1.82) is 0 Å². The number of rotatable bonds is 3. The molecule has 5 heteroatoms. The van der Waals surface area contributed by atoms with Crippen molar-refractivity contribution in [3.05, 3.63) is 51.0 Å². The molecule has 0 radical (unpaired) electrons. The molecule has 0 aromatic heterocycles. The molecule has 0 fully saturated rings. The molecular formula is C15H14Cl3NO. The molecule has 0 amide bonds. The van der Waals surface area contributed by atoms with Crippen LogP contribution in [-0.2, 0) is 0 Å². The summed E-state index contributed by atoms with van der Waals surface area (Å²) in [5, 5.41) is 1.66. The summed E-state index contributed by atoms with van der Waals surface area (Å²) in [4.78, 5) is 0. The molecule has 0 aliphatic rings. The number of hydrogen-bond acceptors (Lipinski definition) is 2. The lowest BCUT2D eigenvalue weighted by molar-refractivity contribution is 0.415. The molecule has 0 spiro atoms. The van der Waals surface area contributed by atoms with Crippen molar-refractivity contribution in [2.45, 2.75) is 13.0 Å². The average molecular weight is 331 g/mol. The van der Waals surface area contributed by atoms with E-state index in [1.54, 1.807) is 19.2 Å². The van der Waals surface area contributed by atoms with Crippen LogP contribution in [0.25, 0.3) is 11.1 Å². The van der Waals surface area contributed by atoms with E-state index in [4.69, 9.17) is 45.3 Å². The smallest absolute Gasteiger partial charge is 0.138 e. The van der Waals surface area contributed by atoms with Crippen LogP contribution in [0.2, 0.25) is 15.1 Å². The van der Waals surface area contributed by atoms with Crippen LogP contribution in [0, 0.1) is 0 Å². The SMILES string of the molecule is COc1cc(Cl)c(-c2ccc(C(C)N)c(Cl)c2)cc1Cl. The van der Waals surface area contributed by atoms with Crippen molar-refractivity contribution in [3.8, 4) is 16.9 Å². The minimum atomic E-state index is -0.119. The zero-order chi connectivity index (χ0) is 14.9. The van der Waals surface area contributed by atoms with Crippen molar-refractivity contribution in [3.63, 3.8) is 0 Å². The molecule has 0 saturated heterocycles. The van der Waals surface area contributed by atoms with Gasteiger partial charge in [0.25, 0.3) is 0 Å². The standard InChI is InChI=1S/C15H14Cl3NO/c1-8(19)10-4-3-9(5-12(10)16)11-6-14(18)15(20-2)7-13(11)17/h3-8H,19H2,1-2H3. The van der Waals surface area contributed by atoms with E-state index in [0.29, 0.717) is 20.8 Å². The normalized spacial score (nSPS) is 12.3. The lowest BCUT2D eigenvalue weighted by atomic mass is 10.0. The number of nitrogens with two attached hydrogens (primary N) is 1. The number of halogens is 3. The molecule has 106 valence electrons. The Morgan fingerprint density at radius 3 is 2.25 bits per heavy atom. The van der Waals surface area contributed by atoms with Crippen LogP contribution in [0.15, 0.2) is 30.3 Å². The molecule has 2 aromatic rings. The second kappa shape index (κ2) is 6.23. The van der Waals surface area contributed by atoms with Crippen LogP contribution in [0.5, 0.6) is 5.75 Å². The van der Waals surface area contributed by atoms with E-state index in [-0.39, 0.29) is 6.04 Å². The lowest BCUT2D eigenvalue weighted by Crippen LogP contribution is -2.05. The summed E-state index contributed by atoms with van der Waals surface area (Å²) in [7, 11) is 1.55. The van der Waals surface area contributed by atoms with E-state index in [0.717, 1.165) is 16.7 Å². The highest BCUT2D eigenvalue weighted by Gasteiger charge is 2.12. The number of benzene rings is 2. The maximum atomic E-state index is 6.26. The summed E-state index contributed by atoms with van der Waals surface area (Å²) in [6, 6.07) is 8.99. The molecule has 0 heterocycles. The van der Waals surface area contributed by atoms with E-state index in [1.807, 2.05) is 25.1 Å². The minimum Gasteiger partial charge on any atom is -0.495 e. The fourth-order valence-corrected chi connectivity index (χ4v) is 2.83. The van der Waals surface area contributed by atoms with Crippen molar-refractivity contribution in [1.82, 2.24) is 0 Å². The third kappa shape index (κ3) is 3.04. The van der Waals surface area contributed by atoms with Gasteiger partial charge >= 0.3 is 0 Å². The summed E-state index contributed by atoms with van der Waals surface area (Å²) in [6.45, 7) is 1.89. The van der Waals surface area contributed by atoms with Gasteiger partial charge in [0.2, 0.25) is 0 Å². The molecule has 2 aromatic carbocycles. The van der Waals surface area contributed by atoms with E-state index >= 15 is 0 Å². The van der Waals surface area contributed by atoms with Gasteiger partial charge in [-0.2, -0.15) is 0 Å². The maximum absolute atomic E-state index is 6.26. The quantitative estimate of drug-likeness (QED) is 0.824. The summed E-state index contributed by atoms with van der Waals surface area (Å²) in [5.41, 5.74) is 8.43. The molecule has 2 nitrogen and oxygen atoms in total. The third-order valence-corrected chi connectivity index (χ3v) is 3.98. The zero-order valence-corrected chi connectivity index (χ0v) is 13.4. The molecule has 0 bridgehead atoms. The van der Waals surface area contributed by atoms with Crippen molar-refractivity contribution >= 4 is 34.8 Å². The monoisotopic (exact) mass is 329 g/mol. The largest absolute Gasteiger partial charge is 0.495 e. The van der Waals surface area contributed by atoms with Crippen LogP contribution in [0.4, 0.5) is 0 Å². The molecule has 0 saturated carbocycles. The summed E-state index contributed by atoms with van der Waals surface area (Å²) >= 11 is 18.6. The predicted octanol–water partition coefficient (Wildman–Crippen LogP) is 5.34. The van der Waals surface area contributed by atoms with Gasteiger partial charge in [0, 0.05) is 22.7 Å². The highest BCUT2D eigenvalue weighted by atomic mass is 35.5. The van der Waals surface area contributed by atoms with E-state index in [2.05, 4.69) is 0 Å². The summed E-state index contributed by atoms with van der Waals surface area (Å²) < 4.78 is 5.13. The molecule has 2 rings (SSSR count). The van der Waals surface area contributed by atoms with Gasteiger partial charge in [0.15, 0.2) is 0 Å². The number of ether oxygens (including phenoxy) is 1. The first-order valence-corrected chi connectivity index (χ1v) is 7.16. The van der Waals surface area contributed by atoms with Crippen molar-refractivity contribution in [2.75, 3.05) is 7.11 Å². The molecular weight excluding hydrogens is 317 g/mol. The van der Waals surface area contributed by atoms with Crippen molar-refractivity contribution < 1.29 is 4.74 Å². The lowest BCUT2D eigenvalue weighted by Gasteiger charge is -2.12.